The average Bonchev–Trinajstić information content (AvgIpc) is 3.10. The molecule has 3 aromatic carbocycles. The molecule has 0 amide bonds. The van der Waals surface area contributed by atoms with Crippen molar-refractivity contribution >= 4 is 6.71 Å². The lowest BCUT2D eigenvalue weighted by atomic mass is 9.34. The SMILES string of the molecule is CCCCCCCCC(B(Cc1ccc(OC)cc1)Cc1ccc(OC)cc1)c1ccc(OC)cc1.CC[N+](CC)(CC)CC. The van der Waals surface area contributed by atoms with Crippen LogP contribution in [0, 0.1) is 0 Å². The molecule has 3 rings (SSSR count). The monoisotopic (exact) mass is 616 g/mol. The van der Waals surface area contributed by atoms with Crippen molar-refractivity contribution in [3.63, 3.8) is 0 Å². The molecule has 0 saturated carbocycles. The maximum absolute atomic E-state index is 5.46. The molecule has 4 nitrogen and oxygen atoms in total. The zero-order valence-electron chi connectivity index (χ0n) is 29.9. The van der Waals surface area contributed by atoms with Crippen molar-refractivity contribution in [2.45, 2.75) is 98.0 Å². The fourth-order valence-electron chi connectivity index (χ4n) is 6.50. The minimum Gasteiger partial charge on any atom is -0.497 e. The van der Waals surface area contributed by atoms with E-state index in [1.54, 1.807) is 21.3 Å². The Morgan fingerprint density at radius 3 is 1.24 bits per heavy atom. The van der Waals surface area contributed by atoms with E-state index >= 15 is 0 Å². The molecule has 1 atom stereocenters. The van der Waals surface area contributed by atoms with Gasteiger partial charge in [0.25, 0.3) is 0 Å². The van der Waals surface area contributed by atoms with E-state index in [2.05, 4.69) is 107 Å². The maximum Gasteiger partial charge on any atom is 0.157 e. The van der Waals surface area contributed by atoms with Crippen molar-refractivity contribution in [2.24, 2.45) is 0 Å². The summed E-state index contributed by atoms with van der Waals surface area (Å²) < 4.78 is 17.5. The molecule has 0 N–H and O–H groups in total. The first-order chi connectivity index (χ1) is 21.9. The van der Waals surface area contributed by atoms with E-state index in [1.165, 1.54) is 92.3 Å². The average molecular weight is 617 g/mol. The van der Waals surface area contributed by atoms with Crippen LogP contribution >= 0.6 is 0 Å². The van der Waals surface area contributed by atoms with E-state index < -0.39 is 0 Å². The Bertz CT molecular complexity index is 1080. The van der Waals surface area contributed by atoms with Gasteiger partial charge in [-0.3, -0.25) is 0 Å². The summed E-state index contributed by atoms with van der Waals surface area (Å²) in [5.74, 6) is 3.21. The highest BCUT2D eigenvalue weighted by molar-refractivity contribution is 6.59. The van der Waals surface area contributed by atoms with Crippen molar-refractivity contribution in [3.8, 4) is 17.2 Å². The molecule has 0 saturated heterocycles. The van der Waals surface area contributed by atoms with Gasteiger partial charge in [0.15, 0.2) is 6.71 Å². The van der Waals surface area contributed by atoms with Gasteiger partial charge in [-0.05, 0) is 82.6 Å². The largest absolute Gasteiger partial charge is 0.497 e. The second-order valence-electron chi connectivity index (χ2n) is 12.4. The lowest BCUT2D eigenvalue weighted by Gasteiger charge is -2.34. The second-order valence-corrected chi connectivity index (χ2v) is 12.4. The smallest absolute Gasteiger partial charge is 0.157 e. The van der Waals surface area contributed by atoms with Crippen LogP contribution in [0.15, 0.2) is 72.8 Å². The molecule has 0 aliphatic heterocycles. The van der Waals surface area contributed by atoms with Crippen molar-refractivity contribution in [3.05, 3.63) is 89.5 Å². The molecule has 0 aliphatic rings. The first-order valence-corrected chi connectivity index (χ1v) is 17.7. The highest BCUT2D eigenvalue weighted by atomic mass is 16.5. The van der Waals surface area contributed by atoms with Crippen LogP contribution in [-0.4, -0.2) is 58.7 Å². The third-order valence-corrected chi connectivity index (χ3v) is 9.98. The fourth-order valence-corrected chi connectivity index (χ4v) is 6.50. The number of nitrogens with zero attached hydrogens (tertiary/aromatic N) is 1. The van der Waals surface area contributed by atoms with E-state index in [0.717, 1.165) is 29.9 Å². The van der Waals surface area contributed by atoms with Gasteiger partial charge in [0.2, 0.25) is 0 Å². The number of quaternary nitrogens is 1. The predicted molar refractivity (Wildman–Crippen MR) is 195 cm³/mol. The third-order valence-electron chi connectivity index (χ3n) is 9.98. The first kappa shape index (κ1) is 38.3. The fraction of sp³-hybridized carbons (Fsp3) is 0.550. The van der Waals surface area contributed by atoms with E-state index in [0.29, 0.717) is 12.5 Å². The number of methoxy groups -OCH3 is 3. The van der Waals surface area contributed by atoms with Crippen LogP contribution in [0.25, 0.3) is 0 Å². The van der Waals surface area contributed by atoms with Gasteiger partial charge in [-0.2, -0.15) is 0 Å². The van der Waals surface area contributed by atoms with Gasteiger partial charge in [-0.1, -0.05) is 105 Å². The molecule has 0 aromatic heterocycles. The summed E-state index contributed by atoms with van der Waals surface area (Å²) in [5, 5.41) is 0. The summed E-state index contributed by atoms with van der Waals surface area (Å²) in [6.07, 6.45) is 11.2. The Morgan fingerprint density at radius 1 is 0.511 bits per heavy atom. The molecular formula is C40H63BNO3+. The van der Waals surface area contributed by atoms with Gasteiger partial charge in [-0.25, -0.2) is 0 Å². The van der Waals surface area contributed by atoms with Crippen LogP contribution in [0.4, 0.5) is 0 Å². The molecule has 5 heteroatoms. The van der Waals surface area contributed by atoms with Crippen LogP contribution in [-0.2, 0) is 12.6 Å². The van der Waals surface area contributed by atoms with Crippen LogP contribution in [0.2, 0.25) is 0 Å². The van der Waals surface area contributed by atoms with Gasteiger partial charge >= 0.3 is 0 Å². The zero-order chi connectivity index (χ0) is 32.9. The lowest BCUT2D eigenvalue weighted by molar-refractivity contribution is -0.921. The molecule has 0 bridgehead atoms. The van der Waals surface area contributed by atoms with Crippen LogP contribution in [0.3, 0.4) is 0 Å². The molecule has 0 heterocycles. The van der Waals surface area contributed by atoms with Gasteiger partial charge in [-0.15, -0.1) is 0 Å². The van der Waals surface area contributed by atoms with Gasteiger partial charge < -0.3 is 18.7 Å². The topological polar surface area (TPSA) is 27.7 Å². The standard InChI is InChI=1S/C32H43BO3.C8H20N/c1-5-6-7-8-9-10-11-32(28-16-22-31(36-4)23-17-28)33(24-26-12-18-29(34-2)19-13-26)25-27-14-20-30(35-3)21-15-27;1-5-9(6-2,7-3)8-4/h12-23,32H,5-11,24-25H2,1-4H3;5-8H2,1-4H3/q;+1. The quantitative estimate of drug-likeness (QED) is 0.0718. The molecule has 45 heavy (non-hydrogen) atoms. The number of unbranched alkanes of at least 4 members (excludes halogenated alkanes) is 5. The summed E-state index contributed by atoms with van der Waals surface area (Å²) in [6.45, 7) is 17.0. The van der Waals surface area contributed by atoms with Crippen molar-refractivity contribution in [2.75, 3.05) is 47.5 Å². The molecule has 1 unspecified atom stereocenters. The second kappa shape index (κ2) is 21.8. The number of rotatable bonds is 20. The zero-order valence-corrected chi connectivity index (χ0v) is 29.9. The molecule has 0 radical (unpaired) electrons. The van der Waals surface area contributed by atoms with Crippen molar-refractivity contribution in [1.82, 2.24) is 0 Å². The number of benzene rings is 3. The predicted octanol–water partition coefficient (Wildman–Crippen LogP) is 10.0. The summed E-state index contributed by atoms with van der Waals surface area (Å²) in [7, 11) is 5.18. The van der Waals surface area contributed by atoms with E-state index in [4.69, 9.17) is 14.2 Å². The van der Waals surface area contributed by atoms with Gasteiger partial charge in [0, 0.05) is 0 Å². The van der Waals surface area contributed by atoms with E-state index in [9.17, 15) is 0 Å². The van der Waals surface area contributed by atoms with Crippen LogP contribution < -0.4 is 14.2 Å². The molecule has 0 aliphatic carbocycles. The van der Waals surface area contributed by atoms with Crippen LogP contribution in [0.5, 0.6) is 17.2 Å². The minimum atomic E-state index is 0.478. The van der Waals surface area contributed by atoms with E-state index in [1.807, 2.05) is 0 Å². The molecule has 0 fully saturated rings. The highest BCUT2D eigenvalue weighted by Gasteiger charge is 2.27. The molecule has 0 spiro atoms. The molecular weight excluding hydrogens is 553 g/mol. The third kappa shape index (κ3) is 13.2. The van der Waals surface area contributed by atoms with Crippen molar-refractivity contribution in [1.29, 1.82) is 0 Å². The van der Waals surface area contributed by atoms with Crippen molar-refractivity contribution < 1.29 is 18.7 Å². The molecule has 248 valence electrons. The Hall–Kier alpha value is -2.92. The summed E-state index contributed by atoms with van der Waals surface area (Å²) in [6, 6.07) is 26.0. The van der Waals surface area contributed by atoms with E-state index in [-0.39, 0.29) is 0 Å². The summed E-state index contributed by atoms with van der Waals surface area (Å²) >= 11 is 0. The van der Waals surface area contributed by atoms with Gasteiger partial charge in [0.1, 0.15) is 17.2 Å². The Morgan fingerprint density at radius 2 is 0.889 bits per heavy atom. The molecule has 3 aromatic rings. The Kier molecular flexibility index (Phi) is 18.5. The minimum absolute atomic E-state index is 0.478. The normalized spacial score (nSPS) is 11.7. The summed E-state index contributed by atoms with van der Waals surface area (Å²) in [5.41, 5.74) is 4.13. The number of hydrogen-bond acceptors (Lipinski definition) is 3. The lowest BCUT2D eigenvalue weighted by Crippen LogP contribution is -2.47. The van der Waals surface area contributed by atoms with Crippen LogP contribution in [0.1, 0.15) is 102 Å². The van der Waals surface area contributed by atoms with Gasteiger partial charge in [0.05, 0.1) is 47.5 Å². The highest BCUT2D eigenvalue weighted by Crippen LogP contribution is 2.31. The first-order valence-electron chi connectivity index (χ1n) is 17.7. The summed E-state index contributed by atoms with van der Waals surface area (Å²) in [4.78, 5) is 0. The maximum atomic E-state index is 5.46. The number of hydrogen-bond donors (Lipinski definition) is 0. The Balaban J connectivity index is 0.000000681. The Labute approximate surface area is 277 Å². The number of ether oxygens (including phenoxy) is 3.